The molecule has 0 heterocycles. The Bertz CT molecular complexity index is 143. The van der Waals surface area contributed by atoms with Crippen molar-refractivity contribution in [3.05, 3.63) is 0 Å². The third-order valence-corrected chi connectivity index (χ3v) is 1.42. The molecule has 0 rings (SSSR count). The maximum absolute atomic E-state index is 9.90. The van der Waals surface area contributed by atoms with Crippen molar-refractivity contribution in [3.8, 4) is 0 Å². The first-order chi connectivity index (χ1) is 5.54. The number of aliphatic hydroxyl groups excluding tert-OH is 5. The largest absolute Gasteiger partial charge is 0.394 e. The second kappa shape index (κ2) is 7.40. The fourth-order valence-electron chi connectivity index (χ4n) is 0.618. The Kier molecular flexibility index (Phi) is 8.80. The van der Waals surface area contributed by atoms with Gasteiger partial charge >= 0.3 is 0 Å². The first kappa shape index (κ1) is 15.5. The van der Waals surface area contributed by atoms with Crippen LogP contribution in [-0.2, 0) is 21.9 Å². The average molecular weight is 235 g/mol. The number of carbonyl (C=O) groups excluding carboxylic acids is 1. The second-order valence-electron chi connectivity index (χ2n) is 2.36. The number of carbonyl (C=O) groups is 1. The molecule has 7 heteroatoms. The third-order valence-electron chi connectivity index (χ3n) is 1.42. The van der Waals surface area contributed by atoms with E-state index in [1.807, 2.05) is 0 Å². The normalized spacial score (nSPS) is 19.5. The molecule has 0 amide bonds. The zero-order valence-electron chi connectivity index (χ0n) is 6.62. The molecule has 0 saturated carbocycles. The summed E-state index contributed by atoms with van der Waals surface area (Å²) in [4.78, 5) is 9.90. The van der Waals surface area contributed by atoms with E-state index >= 15 is 0 Å². The van der Waals surface area contributed by atoms with Crippen molar-refractivity contribution in [2.75, 3.05) is 6.61 Å². The molecule has 0 aliphatic carbocycles. The van der Waals surface area contributed by atoms with Crippen LogP contribution >= 0.6 is 0 Å². The Morgan fingerprint density at radius 2 is 1.54 bits per heavy atom. The maximum atomic E-state index is 9.90. The standard InChI is InChI=1S/C6H12O6.Mn/c7-1-3(9)5(11)6(12)4(10)2-8;/h1,3-6,8-12H,2H2;. The summed E-state index contributed by atoms with van der Waals surface area (Å²) in [6, 6.07) is 0. The predicted molar refractivity (Wildman–Crippen MR) is 37.2 cm³/mol. The molecular weight excluding hydrogens is 223 g/mol. The van der Waals surface area contributed by atoms with E-state index in [-0.39, 0.29) is 23.4 Å². The molecule has 5 N–H and O–H groups in total. The summed E-state index contributed by atoms with van der Waals surface area (Å²) in [6.45, 7) is -0.760. The van der Waals surface area contributed by atoms with E-state index in [1.54, 1.807) is 0 Å². The Labute approximate surface area is 85.3 Å². The maximum Gasteiger partial charge on any atom is 0.151 e. The van der Waals surface area contributed by atoms with E-state index < -0.39 is 31.0 Å². The van der Waals surface area contributed by atoms with Crippen molar-refractivity contribution in [2.24, 2.45) is 0 Å². The molecule has 4 unspecified atom stereocenters. The quantitative estimate of drug-likeness (QED) is 0.250. The number of hydrogen-bond acceptors (Lipinski definition) is 6. The molecule has 0 aliphatic heterocycles. The van der Waals surface area contributed by atoms with Crippen LogP contribution in [0.4, 0.5) is 0 Å². The van der Waals surface area contributed by atoms with Gasteiger partial charge in [0.15, 0.2) is 6.29 Å². The Hall–Kier alpha value is -0.0105. The first-order valence-corrected chi connectivity index (χ1v) is 3.33. The molecule has 0 aliphatic rings. The van der Waals surface area contributed by atoms with E-state index in [0.29, 0.717) is 0 Å². The number of aldehydes is 1. The van der Waals surface area contributed by atoms with Crippen LogP contribution in [0.5, 0.6) is 0 Å². The van der Waals surface area contributed by atoms with Gasteiger partial charge in [-0.15, -0.1) is 0 Å². The minimum atomic E-state index is -1.79. The van der Waals surface area contributed by atoms with E-state index in [0.717, 1.165) is 0 Å². The third kappa shape index (κ3) is 4.68. The Balaban J connectivity index is 0. The summed E-state index contributed by atoms with van der Waals surface area (Å²) in [6.07, 6.45) is -6.84. The molecule has 4 atom stereocenters. The number of aliphatic hydroxyl groups is 5. The zero-order valence-corrected chi connectivity index (χ0v) is 7.80. The molecule has 1 radical (unpaired) electrons. The molecule has 0 bridgehead atoms. The molecule has 0 aromatic carbocycles. The van der Waals surface area contributed by atoms with Crippen molar-refractivity contribution < 1.29 is 47.4 Å². The summed E-state index contributed by atoms with van der Waals surface area (Å²) in [5.74, 6) is 0. The van der Waals surface area contributed by atoms with Gasteiger partial charge in [0.05, 0.1) is 6.61 Å². The fourth-order valence-corrected chi connectivity index (χ4v) is 0.618. The summed E-state index contributed by atoms with van der Waals surface area (Å²) in [5, 5.41) is 43.5. The van der Waals surface area contributed by atoms with Crippen LogP contribution in [0.3, 0.4) is 0 Å². The SMILES string of the molecule is O=CC(O)C(O)C(O)C(O)CO.[Mn]. The fraction of sp³-hybridized carbons (Fsp3) is 0.833. The van der Waals surface area contributed by atoms with E-state index in [4.69, 9.17) is 25.5 Å². The van der Waals surface area contributed by atoms with E-state index in [1.165, 1.54) is 0 Å². The van der Waals surface area contributed by atoms with Crippen LogP contribution in [0.2, 0.25) is 0 Å². The second-order valence-corrected chi connectivity index (χ2v) is 2.36. The van der Waals surface area contributed by atoms with E-state index in [2.05, 4.69) is 0 Å². The molecule has 0 fully saturated rings. The minimum absolute atomic E-state index is 0. The molecule has 6 nitrogen and oxygen atoms in total. The molecule has 0 spiro atoms. The van der Waals surface area contributed by atoms with Crippen LogP contribution in [0.25, 0.3) is 0 Å². The predicted octanol–water partition coefficient (Wildman–Crippen LogP) is -3.38. The van der Waals surface area contributed by atoms with Crippen LogP contribution in [0.15, 0.2) is 0 Å². The molecular formula is C6H12MnO6. The summed E-state index contributed by atoms with van der Waals surface area (Å²) in [7, 11) is 0. The Morgan fingerprint density at radius 3 is 1.85 bits per heavy atom. The van der Waals surface area contributed by atoms with Crippen LogP contribution in [-0.4, -0.2) is 62.8 Å². The van der Waals surface area contributed by atoms with Crippen LogP contribution in [0, 0.1) is 0 Å². The molecule has 79 valence electrons. The minimum Gasteiger partial charge on any atom is -0.394 e. The van der Waals surface area contributed by atoms with Gasteiger partial charge in [0.25, 0.3) is 0 Å². The first-order valence-electron chi connectivity index (χ1n) is 3.33. The van der Waals surface area contributed by atoms with Gasteiger partial charge in [-0.05, 0) is 0 Å². The van der Waals surface area contributed by atoms with Gasteiger partial charge in [-0.25, -0.2) is 0 Å². The topological polar surface area (TPSA) is 118 Å². The van der Waals surface area contributed by atoms with Crippen molar-refractivity contribution in [3.63, 3.8) is 0 Å². The van der Waals surface area contributed by atoms with Crippen molar-refractivity contribution in [2.45, 2.75) is 24.4 Å². The summed E-state index contributed by atoms with van der Waals surface area (Å²) in [5.41, 5.74) is 0. The van der Waals surface area contributed by atoms with Gasteiger partial charge in [0.2, 0.25) is 0 Å². The summed E-state index contributed by atoms with van der Waals surface area (Å²) >= 11 is 0. The van der Waals surface area contributed by atoms with Crippen LogP contribution in [0.1, 0.15) is 0 Å². The number of hydrogen-bond donors (Lipinski definition) is 5. The smallest absolute Gasteiger partial charge is 0.151 e. The number of rotatable bonds is 5. The van der Waals surface area contributed by atoms with Crippen LogP contribution < -0.4 is 0 Å². The van der Waals surface area contributed by atoms with Gasteiger partial charge in [-0.1, -0.05) is 0 Å². The van der Waals surface area contributed by atoms with Gasteiger partial charge in [0, 0.05) is 17.1 Å². The van der Waals surface area contributed by atoms with Crippen molar-refractivity contribution in [1.29, 1.82) is 0 Å². The summed E-state index contributed by atoms with van der Waals surface area (Å²) < 4.78 is 0. The van der Waals surface area contributed by atoms with Crippen molar-refractivity contribution in [1.82, 2.24) is 0 Å². The van der Waals surface area contributed by atoms with E-state index in [9.17, 15) is 4.79 Å². The molecule has 0 saturated heterocycles. The molecule has 0 aromatic heterocycles. The Morgan fingerprint density at radius 1 is 1.08 bits per heavy atom. The van der Waals surface area contributed by atoms with Gasteiger partial charge < -0.3 is 30.3 Å². The zero-order chi connectivity index (χ0) is 9.72. The monoisotopic (exact) mass is 235 g/mol. The average Bonchev–Trinajstić information content (AvgIpc) is 2.12. The molecule has 13 heavy (non-hydrogen) atoms. The van der Waals surface area contributed by atoms with Gasteiger partial charge in [-0.3, -0.25) is 0 Å². The molecule has 0 aromatic rings. The van der Waals surface area contributed by atoms with Gasteiger partial charge in [-0.2, -0.15) is 0 Å². The van der Waals surface area contributed by atoms with Gasteiger partial charge in [0.1, 0.15) is 24.4 Å². The van der Waals surface area contributed by atoms with Crippen molar-refractivity contribution >= 4 is 6.29 Å².